The van der Waals surface area contributed by atoms with Crippen LogP contribution in [-0.4, -0.2) is 32.9 Å². The third-order valence-corrected chi connectivity index (χ3v) is 9.26. The van der Waals surface area contributed by atoms with Crippen LogP contribution in [0.1, 0.15) is 45.0 Å². The maximum atomic E-state index is 11.7. The molecule has 0 saturated carbocycles. The number of hydrogen-bond acceptors (Lipinski definition) is 2. The summed E-state index contributed by atoms with van der Waals surface area (Å²) in [4.78, 5) is 11.7. The standard InChI is InChI=1S/C30H28AsO3/c1-20-13-14-23(17-27(20)30(32)33)28-18-24(34-29-12-5-4-11-26(28)29)19-31-16-15-22-9-6-8-21-7-2-3-10-25(21)22/h2-14,17,24,28H,15-16,18-19H2,1H3,(H,32,33)/t24-,28-/m1/s1. The summed E-state index contributed by atoms with van der Waals surface area (Å²) in [7, 11) is 0. The number of fused-ring (bicyclic) bond motifs is 2. The van der Waals surface area contributed by atoms with Crippen molar-refractivity contribution in [1.82, 2.24) is 0 Å². The predicted octanol–water partition coefficient (Wildman–Crippen LogP) is 6.91. The SMILES string of the molecule is Cc1ccc([C@H]2C[C@H](C[As]CCc3cccc4ccccc34)Oc3ccccc32)cc1C(=O)O. The molecule has 1 heterocycles. The van der Waals surface area contributed by atoms with Crippen LogP contribution in [0.5, 0.6) is 5.75 Å². The molecule has 171 valence electrons. The molecule has 5 rings (SSSR count). The number of carbonyl (C=O) groups is 1. The number of hydrogen-bond donors (Lipinski definition) is 1. The van der Waals surface area contributed by atoms with Gasteiger partial charge in [-0.05, 0) is 0 Å². The van der Waals surface area contributed by atoms with Crippen molar-refractivity contribution in [3.05, 3.63) is 113 Å². The van der Waals surface area contributed by atoms with E-state index in [0.717, 1.165) is 40.5 Å². The summed E-state index contributed by atoms with van der Waals surface area (Å²) in [5.74, 6) is 0.235. The first-order valence-electron chi connectivity index (χ1n) is 11.8. The van der Waals surface area contributed by atoms with E-state index in [0.29, 0.717) is 5.56 Å². The van der Waals surface area contributed by atoms with Gasteiger partial charge in [0.05, 0.1) is 0 Å². The molecule has 1 aliphatic heterocycles. The first kappa shape index (κ1) is 22.7. The molecule has 0 spiro atoms. The molecule has 0 amide bonds. The van der Waals surface area contributed by atoms with E-state index in [1.54, 1.807) is 0 Å². The molecule has 0 aromatic heterocycles. The maximum absolute atomic E-state index is 11.7. The Bertz CT molecular complexity index is 1320. The molecule has 4 aromatic carbocycles. The Morgan fingerprint density at radius 3 is 2.68 bits per heavy atom. The van der Waals surface area contributed by atoms with E-state index in [4.69, 9.17) is 4.74 Å². The molecule has 0 bridgehead atoms. The molecule has 1 N–H and O–H groups in total. The molecule has 2 atom stereocenters. The first-order chi connectivity index (χ1) is 16.6. The third-order valence-electron chi connectivity index (χ3n) is 6.73. The van der Waals surface area contributed by atoms with Crippen LogP contribution in [0.4, 0.5) is 0 Å². The van der Waals surface area contributed by atoms with Crippen molar-refractivity contribution in [3.63, 3.8) is 0 Å². The normalized spacial score (nSPS) is 17.6. The second kappa shape index (κ2) is 10.1. The zero-order chi connectivity index (χ0) is 23.5. The van der Waals surface area contributed by atoms with Gasteiger partial charge in [0.1, 0.15) is 0 Å². The van der Waals surface area contributed by atoms with E-state index in [2.05, 4.69) is 54.6 Å². The van der Waals surface area contributed by atoms with Gasteiger partial charge in [-0.2, -0.15) is 0 Å². The van der Waals surface area contributed by atoms with Gasteiger partial charge in [-0.15, -0.1) is 0 Å². The molecule has 1 radical (unpaired) electrons. The van der Waals surface area contributed by atoms with Gasteiger partial charge < -0.3 is 0 Å². The first-order valence-corrected chi connectivity index (χ1v) is 14.4. The van der Waals surface area contributed by atoms with Gasteiger partial charge in [0.15, 0.2) is 0 Å². The zero-order valence-electron chi connectivity index (χ0n) is 19.3. The molecule has 3 nitrogen and oxygen atoms in total. The Labute approximate surface area is 207 Å². The van der Waals surface area contributed by atoms with Crippen LogP contribution in [0.15, 0.2) is 84.9 Å². The molecule has 0 saturated heterocycles. The number of para-hydroxylation sites is 1. The van der Waals surface area contributed by atoms with Crippen LogP contribution in [0.3, 0.4) is 0 Å². The zero-order valence-corrected chi connectivity index (χ0v) is 21.2. The summed E-state index contributed by atoms with van der Waals surface area (Å²) < 4.78 is 6.41. The van der Waals surface area contributed by atoms with Crippen molar-refractivity contribution in [2.75, 3.05) is 0 Å². The summed E-state index contributed by atoms with van der Waals surface area (Å²) in [5.41, 5.74) is 4.84. The summed E-state index contributed by atoms with van der Waals surface area (Å²) in [6.45, 7) is 1.85. The fourth-order valence-corrected chi connectivity index (χ4v) is 7.25. The van der Waals surface area contributed by atoms with Crippen LogP contribution in [-0.2, 0) is 6.42 Å². The number of aromatic carboxylic acids is 1. The van der Waals surface area contributed by atoms with Crippen LogP contribution in [0, 0.1) is 6.92 Å². The summed E-state index contributed by atoms with van der Waals surface area (Å²) in [6.07, 6.45) is 2.17. The molecule has 34 heavy (non-hydrogen) atoms. The third kappa shape index (κ3) is 4.76. The number of ether oxygens (including phenoxy) is 1. The Kier molecular flexibility index (Phi) is 6.74. The molecular formula is C30H28AsO3. The average Bonchev–Trinajstić information content (AvgIpc) is 2.86. The minimum atomic E-state index is -0.866. The molecule has 0 unspecified atom stereocenters. The molecule has 1 aliphatic rings. The molecular weight excluding hydrogens is 483 g/mol. The number of rotatable bonds is 7. The van der Waals surface area contributed by atoms with E-state index in [1.165, 1.54) is 21.5 Å². The van der Waals surface area contributed by atoms with Crippen molar-refractivity contribution >= 4 is 32.5 Å². The fourth-order valence-electron chi connectivity index (χ4n) is 4.95. The number of carboxylic acid groups (broad SMARTS) is 1. The minimum absolute atomic E-state index is 0.158. The molecule has 0 aliphatic carbocycles. The topological polar surface area (TPSA) is 46.5 Å². The quantitative estimate of drug-likeness (QED) is 0.217. The summed E-state index contributed by atoms with van der Waals surface area (Å²) in [5, 5.41) is 14.6. The Morgan fingerprint density at radius 2 is 1.79 bits per heavy atom. The second-order valence-corrected chi connectivity index (χ2v) is 11.6. The summed E-state index contributed by atoms with van der Waals surface area (Å²) in [6, 6.07) is 29.3. The van der Waals surface area contributed by atoms with Gasteiger partial charge >= 0.3 is 208 Å². The Morgan fingerprint density at radius 1 is 1.00 bits per heavy atom. The van der Waals surface area contributed by atoms with Crippen molar-refractivity contribution in [1.29, 1.82) is 0 Å². The number of carboxylic acids is 1. The molecule has 0 fully saturated rings. The van der Waals surface area contributed by atoms with Crippen LogP contribution in [0.25, 0.3) is 10.8 Å². The van der Waals surface area contributed by atoms with Crippen LogP contribution >= 0.6 is 0 Å². The fraction of sp³-hybridized carbons (Fsp3) is 0.233. The van der Waals surface area contributed by atoms with E-state index in [9.17, 15) is 9.90 Å². The van der Waals surface area contributed by atoms with E-state index in [-0.39, 0.29) is 27.8 Å². The molecule has 4 aromatic rings. The predicted molar refractivity (Wildman–Crippen MR) is 138 cm³/mol. The van der Waals surface area contributed by atoms with Gasteiger partial charge in [-0.25, -0.2) is 0 Å². The monoisotopic (exact) mass is 511 g/mol. The number of benzene rings is 4. The van der Waals surface area contributed by atoms with Crippen molar-refractivity contribution in [2.45, 2.75) is 42.2 Å². The summed E-state index contributed by atoms with van der Waals surface area (Å²) >= 11 is 0.158. The second-order valence-electron chi connectivity index (χ2n) is 8.96. The van der Waals surface area contributed by atoms with Gasteiger partial charge in [0, 0.05) is 0 Å². The average molecular weight is 511 g/mol. The van der Waals surface area contributed by atoms with E-state index < -0.39 is 5.97 Å². The molecule has 4 heteroatoms. The van der Waals surface area contributed by atoms with Gasteiger partial charge in [0.25, 0.3) is 0 Å². The Hall–Kier alpha value is -3.03. The van der Waals surface area contributed by atoms with Gasteiger partial charge in [-0.3, -0.25) is 0 Å². The van der Waals surface area contributed by atoms with Crippen molar-refractivity contribution < 1.29 is 14.6 Å². The Balaban J connectivity index is 1.29. The van der Waals surface area contributed by atoms with Crippen LogP contribution in [0.2, 0.25) is 10.4 Å². The van der Waals surface area contributed by atoms with Crippen molar-refractivity contribution in [3.8, 4) is 5.75 Å². The van der Waals surface area contributed by atoms with Crippen LogP contribution < -0.4 is 4.74 Å². The van der Waals surface area contributed by atoms with Crippen molar-refractivity contribution in [2.24, 2.45) is 0 Å². The van der Waals surface area contributed by atoms with E-state index >= 15 is 0 Å². The van der Waals surface area contributed by atoms with Gasteiger partial charge in [-0.1, -0.05) is 0 Å². The van der Waals surface area contributed by atoms with Gasteiger partial charge in [0.2, 0.25) is 0 Å². The number of aryl methyl sites for hydroxylation is 2. The van der Waals surface area contributed by atoms with E-state index in [1.807, 2.05) is 37.3 Å².